The Morgan fingerprint density at radius 1 is 1.69 bits per heavy atom. The van der Waals surface area contributed by atoms with Crippen molar-refractivity contribution in [2.24, 2.45) is 7.05 Å². The van der Waals surface area contributed by atoms with Gasteiger partial charge in [0, 0.05) is 19.2 Å². The summed E-state index contributed by atoms with van der Waals surface area (Å²) in [4.78, 5) is 12.0. The number of Topliss-reactive ketones (excluding diaryl/α,β-unsaturated/α-hetero) is 1. The van der Waals surface area contributed by atoms with E-state index in [1.165, 1.54) is 0 Å². The number of aryl methyl sites for hydroxylation is 2. The van der Waals surface area contributed by atoms with Crippen molar-refractivity contribution in [1.29, 1.82) is 0 Å². The summed E-state index contributed by atoms with van der Waals surface area (Å²) in [5.41, 5.74) is 2.08. The van der Waals surface area contributed by atoms with Gasteiger partial charge in [0.1, 0.15) is 0 Å². The maximum Gasteiger partial charge on any atom is 0.155 e. The Labute approximate surface area is 96.0 Å². The average molecular weight is 221 g/mol. The van der Waals surface area contributed by atoms with Gasteiger partial charge in [0.25, 0.3) is 0 Å². The molecule has 1 aromatic rings. The molecule has 88 valence electrons. The minimum absolute atomic E-state index is 0.0694. The van der Waals surface area contributed by atoms with Crippen LogP contribution in [0, 0.1) is 0 Å². The number of rotatable bonds is 4. The Bertz CT molecular complexity index is 378. The molecule has 1 saturated heterocycles. The van der Waals surface area contributed by atoms with Gasteiger partial charge in [0.2, 0.25) is 0 Å². The quantitative estimate of drug-likeness (QED) is 0.819. The van der Waals surface area contributed by atoms with E-state index in [1.807, 2.05) is 17.8 Å². The molecule has 2 heterocycles. The molecule has 1 aliphatic heterocycles. The summed E-state index contributed by atoms with van der Waals surface area (Å²) in [6, 6.07) is 2.10. The highest BCUT2D eigenvalue weighted by molar-refractivity contribution is 5.86. The van der Waals surface area contributed by atoms with E-state index in [1.54, 1.807) is 0 Å². The van der Waals surface area contributed by atoms with Gasteiger partial charge < -0.3 is 5.32 Å². The minimum Gasteiger partial charge on any atom is -0.307 e. The first-order valence-corrected chi connectivity index (χ1v) is 5.98. The molecule has 0 aliphatic carbocycles. The molecule has 1 aliphatic rings. The van der Waals surface area contributed by atoms with E-state index in [0.29, 0.717) is 12.2 Å². The van der Waals surface area contributed by atoms with Crippen molar-refractivity contribution in [3.63, 3.8) is 0 Å². The number of hydrogen-bond donors (Lipinski definition) is 1. The highest BCUT2D eigenvalue weighted by atomic mass is 16.1. The number of ketones is 1. The van der Waals surface area contributed by atoms with Gasteiger partial charge in [-0.15, -0.1) is 0 Å². The number of aromatic nitrogens is 2. The molecular weight excluding hydrogens is 202 g/mol. The number of nitrogens with one attached hydrogen (secondary N) is 1. The number of carbonyl (C=O) groups is 1. The predicted octanol–water partition coefficient (Wildman–Crippen LogP) is 0.846. The molecule has 1 fully saturated rings. The van der Waals surface area contributed by atoms with Crippen LogP contribution in [-0.2, 0) is 24.7 Å². The molecule has 4 nitrogen and oxygen atoms in total. The monoisotopic (exact) mass is 221 g/mol. The zero-order chi connectivity index (χ0) is 11.5. The van der Waals surface area contributed by atoms with Crippen LogP contribution < -0.4 is 5.32 Å². The van der Waals surface area contributed by atoms with Gasteiger partial charge in [0.05, 0.1) is 11.7 Å². The number of nitrogens with zero attached hydrogens (tertiary/aromatic N) is 2. The fraction of sp³-hybridized carbons (Fsp3) is 0.667. The maximum absolute atomic E-state index is 12.0. The Kier molecular flexibility index (Phi) is 3.39. The summed E-state index contributed by atoms with van der Waals surface area (Å²) in [6.45, 7) is 3.05. The van der Waals surface area contributed by atoms with Crippen molar-refractivity contribution in [2.45, 2.75) is 38.6 Å². The first-order valence-electron chi connectivity index (χ1n) is 5.98. The third-order valence-electron chi connectivity index (χ3n) is 3.19. The van der Waals surface area contributed by atoms with Crippen LogP contribution in [0.25, 0.3) is 0 Å². The number of carbonyl (C=O) groups excluding carboxylic acids is 1. The second-order valence-corrected chi connectivity index (χ2v) is 4.40. The third-order valence-corrected chi connectivity index (χ3v) is 3.19. The molecule has 1 unspecified atom stereocenters. The van der Waals surface area contributed by atoms with Gasteiger partial charge in [0.15, 0.2) is 5.78 Å². The van der Waals surface area contributed by atoms with Gasteiger partial charge in [-0.3, -0.25) is 9.48 Å². The van der Waals surface area contributed by atoms with Gasteiger partial charge in [-0.25, -0.2) is 0 Å². The molecule has 2 rings (SSSR count). The lowest BCUT2D eigenvalue weighted by atomic mass is 10.1. The van der Waals surface area contributed by atoms with Crippen LogP contribution in [0.1, 0.15) is 31.2 Å². The second-order valence-electron chi connectivity index (χ2n) is 4.40. The smallest absolute Gasteiger partial charge is 0.155 e. The van der Waals surface area contributed by atoms with Crippen LogP contribution in [0.2, 0.25) is 0 Å². The minimum atomic E-state index is 0.0694. The van der Waals surface area contributed by atoms with E-state index < -0.39 is 0 Å². The summed E-state index contributed by atoms with van der Waals surface area (Å²) in [6.07, 6.45) is 3.52. The van der Waals surface area contributed by atoms with Gasteiger partial charge in [-0.2, -0.15) is 5.10 Å². The van der Waals surface area contributed by atoms with Crippen molar-refractivity contribution in [3.8, 4) is 0 Å². The van der Waals surface area contributed by atoms with Crippen molar-refractivity contribution >= 4 is 5.78 Å². The Morgan fingerprint density at radius 3 is 3.06 bits per heavy atom. The maximum atomic E-state index is 12.0. The molecule has 0 bridgehead atoms. The van der Waals surface area contributed by atoms with Crippen LogP contribution in [0.3, 0.4) is 0 Å². The molecule has 1 atom stereocenters. The van der Waals surface area contributed by atoms with Crippen LogP contribution in [-0.4, -0.2) is 28.2 Å². The van der Waals surface area contributed by atoms with Crippen molar-refractivity contribution < 1.29 is 4.79 Å². The van der Waals surface area contributed by atoms with Crippen molar-refractivity contribution in [1.82, 2.24) is 15.1 Å². The van der Waals surface area contributed by atoms with Gasteiger partial charge in [-0.1, -0.05) is 6.92 Å². The fourth-order valence-electron chi connectivity index (χ4n) is 2.17. The zero-order valence-corrected chi connectivity index (χ0v) is 9.99. The lowest BCUT2D eigenvalue weighted by Crippen LogP contribution is -2.32. The molecule has 16 heavy (non-hydrogen) atoms. The highest BCUT2D eigenvalue weighted by Gasteiger charge is 2.22. The topological polar surface area (TPSA) is 46.9 Å². The third kappa shape index (κ3) is 2.32. The lowest BCUT2D eigenvalue weighted by molar-refractivity contribution is -0.120. The SMILES string of the molecule is CCc1cc(CC(=O)C2CCCN2)n(C)n1. The predicted molar refractivity (Wildman–Crippen MR) is 62.3 cm³/mol. The molecule has 0 radical (unpaired) electrons. The van der Waals surface area contributed by atoms with E-state index in [4.69, 9.17) is 0 Å². The number of hydrogen-bond acceptors (Lipinski definition) is 3. The van der Waals surface area contributed by atoms with E-state index in [2.05, 4.69) is 17.3 Å². The Hall–Kier alpha value is -1.16. The molecule has 0 spiro atoms. The summed E-state index contributed by atoms with van der Waals surface area (Å²) in [5, 5.41) is 7.59. The standard InChI is InChI=1S/C12H19N3O/c1-3-9-7-10(15(2)14-9)8-12(16)11-5-4-6-13-11/h7,11,13H,3-6,8H2,1-2H3. The molecule has 1 N–H and O–H groups in total. The fourth-order valence-corrected chi connectivity index (χ4v) is 2.17. The molecule has 0 amide bonds. The van der Waals surface area contributed by atoms with Gasteiger partial charge >= 0.3 is 0 Å². The Balaban J connectivity index is 2.02. The molecule has 1 aromatic heterocycles. The second kappa shape index (κ2) is 4.78. The summed E-state index contributed by atoms with van der Waals surface area (Å²) in [5.74, 6) is 0.295. The van der Waals surface area contributed by atoms with Crippen LogP contribution in [0.5, 0.6) is 0 Å². The summed E-state index contributed by atoms with van der Waals surface area (Å²) in [7, 11) is 1.91. The van der Waals surface area contributed by atoms with E-state index in [-0.39, 0.29) is 6.04 Å². The zero-order valence-electron chi connectivity index (χ0n) is 9.99. The summed E-state index contributed by atoms with van der Waals surface area (Å²) < 4.78 is 1.83. The van der Waals surface area contributed by atoms with Crippen LogP contribution in [0.15, 0.2) is 6.07 Å². The first kappa shape index (κ1) is 11.3. The molecule has 4 heteroatoms. The van der Waals surface area contributed by atoms with E-state index >= 15 is 0 Å². The van der Waals surface area contributed by atoms with E-state index in [9.17, 15) is 4.79 Å². The molecular formula is C12H19N3O. The first-order chi connectivity index (χ1) is 7.70. The summed E-state index contributed by atoms with van der Waals surface area (Å²) >= 11 is 0. The largest absolute Gasteiger partial charge is 0.307 e. The highest BCUT2D eigenvalue weighted by Crippen LogP contribution is 2.11. The average Bonchev–Trinajstić information content (AvgIpc) is 2.88. The molecule has 0 saturated carbocycles. The molecule has 0 aromatic carbocycles. The van der Waals surface area contributed by atoms with Crippen LogP contribution in [0.4, 0.5) is 0 Å². The van der Waals surface area contributed by atoms with E-state index in [0.717, 1.165) is 37.2 Å². The normalized spacial score (nSPS) is 20.2. The van der Waals surface area contributed by atoms with Crippen LogP contribution >= 0.6 is 0 Å². The van der Waals surface area contributed by atoms with Gasteiger partial charge in [-0.05, 0) is 31.9 Å². The van der Waals surface area contributed by atoms with Crippen molar-refractivity contribution in [2.75, 3.05) is 6.54 Å². The Morgan fingerprint density at radius 2 is 2.50 bits per heavy atom. The lowest BCUT2D eigenvalue weighted by Gasteiger charge is -2.08. The van der Waals surface area contributed by atoms with Crippen molar-refractivity contribution in [3.05, 3.63) is 17.5 Å².